The molecule has 2 rings (SSSR count). The van der Waals surface area contributed by atoms with E-state index in [0.29, 0.717) is 24.0 Å². The summed E-state index contributed by atoms with van der Waals surface area (Å²) in [5.41, 5.74) is -0.358. The van der Waals surface area contributed by atoms with E-state index in [-0.39, 0.29) is 17.0 Å². The Labute approximate surface area is 162 Å². The maximum absolute atomic E-state index is 12.4. The van der Waals surface area contributed by atoms with Crippen LogP contribution in [-0.4, -0.2) is 40.2 Å². The van der Waals surface area contributed by atoms with Gasteiger partial charge in [-0.25, -0.2) is 15.0 Å². The monoisotopic (exact) mass is 413 g/mol. The Balaban J connectivity index is 2.03. The number of ether oxygens (including phenoxy) is 1. The fraction of sp³-hybridized carbons (Fsp3) is 0.188. The highest BCUT2D eigenvalue weighted by atomic mass is 35.5. The van der Waals surface area contributed by atoms with Crippen LogP contribution in [0, 0.1) is 10.8 Å². The van der Waals surface area contributed by atoms with Crippen molar-refractivity contribution < 1.29 is 17.9 Å². The molecule has 28 heavy (non-hydrogen) atoms. The molecular formula is C16H15ClF3N7O. The van der Waals surface area contributed by atoms with Crippen LogP contribution in [0.5, 0.6) is 0 Å². The lowest BCUT2D eigenvalue weighted by Crippen LogP contribution is -2.21. The van der Waals surface area contributed by atoms with Gasteiger partial charge in [0.05, 0.1) is 12.7 Å². The Kier molecular flexibility index (Phi) is 6.88. The van der Waals surface area contributed by atoms with Crippen LogP contribution in [-0.2, 0) is 11.3 Å². The van der Waals surface area contributed by atoms with Gasteiger partial charge >= 0.3 is 6.18 Å². The molecule has 0 fully saturated rings. The molecule has 0 aromatic carbocycles. The van der Waals surface area contributed by atoms with Crippen LogP contribution in [0.2, 0.25) is 5.28 Å². The second kappa shape index (κ2) is 9.13. The summed E-state index contributed by atoms with van der Waals surface area (Å²) in [6, 6.07) is 3.21. The van der Waals surface area contributed by atoms with E-state index < -0.39 is 11.9 Å². The van der Waals surface area contributed by atoms with Crippen LogP contribution >= 0.6 is 11.6 Å². The molecule has 0 saturated carbocycles. The Morgan fingerprint density at radius 3 is 2.61 bits per heavy atom. The molecular weight excluding hydrogens is 399 g/mol. The van der Waals surface area contributed by atoms with Gasteiger partial charge in [-0.15, -0.1) is 0 Å². The van der Waals surface area contributed by atoms with Gasteiger partial charge in [0.2, 0.25) is 5.28 Å². The third-order valence-corrected chi connectivity index (χ3v) is 3.46. The molecule has 0 aliphatic heterocycles. The first kappa shape index (κ1) is 21.1. The van der Waals surface area contributed by atoms with Crippen molar-refractivity contribution in [2.75, 3.05) is 17.7 Å². The van der Waals surface area contributed by atoms with Crippen molar-refractivity contribution in [3.63, 3.8) is 0 Å². The average molecular weight is 414 g/mol. The van der Waals surface area contributed by atoms with E-state index in [0.717, 1.165) is 11.8 Å². The first-order valence-corrected chi connectivity index (χ1v) is 8.01. The van der Waals surface area contributed by atoms with Crippen LogP contribution in [0.15, 0.2) is 36.5 Å². The highest BCUT2D eigenvalue weighted by molar-refractivity contribution is 6.28. The zero-order valence-electron chi connectivity index (χ0n) is 14.4. The topological polar surface area (TPSA) is 120 Å². The molecule has 148 valence electrons. The first-order valence-electron chi connectivity index (χ1n) is 7.63. The third kappa shape index (κ3) is 5.91. The summed E-state index contributed by atoms with van der Waals surface area (Å²) in [4.78, 5) is 11.9. The fourth-order valence-corrected chi connectivity index (χ4v) is 2.02. The van der Waals surface area contributed by atoms with Gasteiger partial charge in [-0.3, -0.25) is 5.41 Å². The second-order valence-electron chi connectivity index (χ2n) is 5.24. The first-order chi connectivity index (χ1) is 13.2. The summed E-state index contributed by atoms with van der Waals surface area (Å²) in [5.74, 6) is 0.344. The smallest absolute Gasteiger partial charge is 0.432 e. The lowest BCUT2D eigenvalue weighted by Gasteiger charge is -2.11. The van der Waals surface area contributed by atoms with E-state index in [1.165, 1.54) is 25.6 Å². The lowest BCUT2D eigenvalue weighted by atomic mass is 10.2. The van der Waals surface area contributed by atoms with Gasteiger partial charge in [0, 0.05) is 31.2 Å². The number of halogens is 4. The van der Waals surface area contributed by atoms with Gasteiger partial charge < -0.3 is 20.8 Å². The molecule has 0 aliphatic rings. The standard InChI is InChI=1S/C16H15ClF3N7O/c1-28-13(4-11(22)16(18,19)20)26-12-3-2-9(6-23-12)7-24-14-10(5-21)8-25-15(17)27-14/h2-6,8,21-22H,7H2,1H3,(H,23,26)(H,24,25,27)/b13-4+,21-5?,22-11?. The molecule has 0 saturated heterocycles. The van der Waals surface area contributed by atoms with Crippen molar-refractivity contribution in [3.8, 4) is 0 Å². The Morgan fingerprint density at radius 1 is 1.29 bits per heavy atom. The molecule has 0 atom stereocenters. The molecule has 0 unspecified atom stereocenters. The minimum absolute atomic E-state index is 0.0362. The molecule has 0 radical (unpaired) electrons. The quantitative estimate of drug-likeness (QED) is 0.298. The predicted octanol–water partition coefficient (Wildman–Crippen LogP) is 3.62. The predicted molar refractivity (Wildman–Crippen MR) is 99.0 cm³/mol. The number of aromatic nitrogens is 3. The van der Waals surface area contributed by atoms with Gasteiger partial charge in [0.1, 0.15) is 17.3 Å². The lowest BCUT2D eigenvalue weighted by molar-refractivity contribution is -0.0585. The fourth-order valence-electron chi connectivity index (χ4n) is 1.89. The number of alkyl halides is 3. The van der Waals surface area contributed by atoms with Crippen molar-refractivity contribution in [3.05, 3.63) is 52.9 Å². The summed E-state index contributed by atoms with van der Waals surface area (Å²) in [6.07, 6.45) is -0.263. The van der Waals surface area contributed by atoms with Gasteiger partial charge in [-0.2, -0.15) is 13.2 Å². The summed E-state index contributed by atoms with van der Waals surface area (Å²) in [7, 11) is 1.18. The van der Waals surface area contributed by atoms with Crippen molar-refractivity contribution in [2.45, 2.75) is 12.7 Å². The second-order valence-corrected chi connectivity index (χ2v) is 5.58. The van der Waals surface area contributed by atoms with Crippen LogP contribution in [0.25, 0.3) is 0 Å². The SMILES string of the molecule is CO/C(=C/C(=N)C(F)(F)F)Nc1ccc(CNc2nc(Cl)ncc2C=N)cn1. The minimum Gasteiger partial charge on any atom is -0.482 e. The molecule has 8 nitrogen and oxygen atoms in total. The van der Waals surface area contributed by atoms with Crippen molar-refractivity contribution in [1.82, 2.24) is 15.0 Å². The van der Waals surface area contributed by atoms with Gasteiger partial charge in [-0.1, -0.05) is 6.07 Å². The van der Waals surface area contributed by atoms with Gasteiger partial charge in [0.25, 0.3) is 0 Å². The maximum atomic E-state index is 12.4. The third-order valence-electron chi connectivity index (χ3n) is 3.28. The van der Waals surface area contributed by atoms with Crippen molar-refractivity contribution in [2.24, 2.45) is 0 Å². The van der Waals surface area contributed by atoms with E-state index in [1.807, 2.05) is 0 Å². The Bertz CT molecular complexity index is 885. The number of hydrogen-bond acceptors (Lipinski definition) is 8. The highest BCUT2D eigenvalue weighted by Crippen LogP contribution is 2.19. The average Bonchev–Trinajstić information content (AvgIpc) is 2.66. The zero-order chi connectivity index (χ0) is 20.7. The largest absolute Gasteiger partial charge is 0.482 e. The molecule has 0 amide bonds. The van der Waals surface area contributed by atoms with E-state index >= 15 is 0 Å². The summed E-state index contributed by atoms with van der Waals surface area (Å²) >= 11 is 5.74. The number of methoxy groups -OCH3 is 1. The molecule has 0 spiro atoms. The van der Waals surface area contributed by atoms with E-state index in [4.69, 9.17) is 27.2 Å². The van der Waals surface area contributed by atoms with E-state index in [9.17, 15) is 13.2 Å². The number of anilines is 2. The molecule has 2 aromatic heterocycles. The molecule has 4 N–H and O–H groups in total. The van der Waals surface area contributed by atoms with E-state index in [2.05, 4.69) is 25.6 Å². The minimum atomic E-state index is -4.77. The zero-order valence-corrected chi connectivity index (χ0v) is 15.2. The summed E-state index contributed by atoms with van der Waals surface area (Å²) < 4.78 is 42.1. The Morgan fingerprint density at radius 2 is 2.04 bits per heavy atom. The number of hydrogen-bond donors (Lipinski definition) is 4. The molecule has 12 heteroatoms. The van der Waals surface area contributed by atoms with Crippen LogP contribution < -0.4 is 10.6 Å². The molecule has 0 bridgehead atoms. The van der Waals surface area contributed by atoms with Crippen LogP contribution in [0.4, 0.5) is 24.8 Å². The van der Waals surface area contributed by atoms with Crippen LogP contribution in [0.1, 0.15) is 11.1 Å². The molecule has 2 aromatic rings. The van der Waals surface area contributed by atoms with E-state index in [1.54, 1.807) is 6.07 Å². The highest BCUT2D eigenvalue weighted by Gasteiger charge is 2.33. The number of pyridine rings is 1. The number of nitrogens with zero attached hydrogens (tertiary/aromatic N) is 3. The number of nitrogens with one attached hydrogen (secondary N) is 4. The molecule has 0 aliphatic carbocycles. The normalized spacial score (nSPS) is 11.7. The van der Waals surface area contributed by atoms with Crippen molar-refractivity contribution >= 4 is 35.2 Å². The van der Waals surface area contributed by atoms with Crippen LogP contribution in [0.3, 0.4) is 0 Å². The maximum Gasteiger partial charge on any atom is 0.432 e. The summed E-state index contributed by atoms with van der Waals surface area (Å²) in [5, 5.41) is 19.9. The number of rotatable bonds is 8. The van der Waals surface area contributed by atoms with Crippen molar-refractivity contribution in [1.29, 1.82) is 10.8 Å². The van der Waals surface area contributed by atoms with Gasteiger partial charge in [-0.05, 0) is 23.2 Å². The Hall–Kier alpha value is -3.21. The molecule has 2 heterocycles. The number of allylic oxidation sites excluding steroid dienone is 1. The summed E-state index contributed by atoms with van der Waals surface area (Å²) in [6.45, 7) is 0.313. The van der Waals surface area contributed by atoms with Gasteiger partial charge in [0.15, 0.2) is 5.88 Å².